The SMILES string of the molecule is CCOc1ccccc1C(O)Cc1csc2ccccc12. The van der Waals surface area contributed by atoms with Gasteiger partial charge in [-0.25, -0.2) is 0 Å². The normalized spacial score (nSPS) is 12.5. The molecule has 0 aliphatic heterocycles. The van der Waals surface area contributed by atoms with E-state index in [9.17, 15) is 5.11 Å². The van der Waals surface area contributed by atoms with E-state index in [-0.39, 0.29) is 0 Å². The monoisotopic (exact) mass is 298 g/mol. The van der Waals surface area contributed by atoms with Crippen molar-refractivity contribution in [3.05, 3.63) is 65.0 Å². The number of benzene rings is 2. The van der Waals surface area contributed by atoms with E-state index in [2.05, 4.69) is 17.5 Å². The average molecular weight is 298 g/mol. The number of aliphatic hydroxyl groups is 1. The van der Waals surface area contributed by atoms with Crippen molar-refractivity contribution >= 4 is 21.4 Å². The predicted octanol–water partition coefficient (Wildman–Crippen LogP) is 4.58. The summed E-state index contributed by atoms with van der Waals surface area (Å²) in [6.07, 6.45) is 0.0550. The van der Waals surface area contributed by atoms with Gasteiger partial charge in [-0.2, -0.15) is 0 Å². The number of hydrogen-bond donors (Lipinski definition) is 1. The number of aliphatic hydroxyl groups excluding tert-OH is 1. The van der Waals surface area contributed by atoms with Crippen molar-refractivity contribution in [1.29, 1.82) is 0 Å². The average Bonchev–Trinajstić information content (AvgIpc) is 2.91. The first-order chi connectivity index (χ1) is 10.3. The summed E-state index contributed by atoms with van der Waals surface area (Å²) >= 11 is 1.72. The predicted molar refractivity (Wildman–Crippen MR) is 88.1 cm³/mol. The Kier molecular flexibility index (Phi) is 4.23. The van der Waals surface area contributed by atoms with Gasteiger partial charge in [0.05, 0.1) is 12.7 Å². The van der Waals surface area contributed by atoms with Crippen LogP contribution in [0.3, 0.4) is 0 Å². The largest absolute Gasteiger partial charge is 0.493 e. The number of hydrogen-bond acceptors (Lipinski definition) is 3. The van der Waals surface area contributed by atoms with Gasteiger partial charge >= 0.3 is 0 Å². The van der Waals surface area contributed by atoms with Crippen LogP contribution in [0.5, 0.6) is 5.75 Å². The van der Waals surface area contributed by atoms with Crippen molar-refractivity contribution in [1.82, 2.24) is 0 Å². The number of thiophene rings is 1. The van der Waals surface area contributed by atoms with Crippen LogP contribution in [-0.4, -0.2) is 11.7 Å². The Morgan fingerprint density at radius 1 is 1.10 bits per heavy atom. The third kappa shape index (κ3) is 2.94. The fourth-order valence-electron chi connectivity index (χ4n) is 2.55. The molecule has 1 N–H and O–H groups in total. The highest BCUT2D eigenvalue weighted by Gasteiger charge is 2.15. The van der Waals surface area contributed by atoms with Crippen LogP contribution in [0, 0.1) is 0 Å². The molecule has 108 valence electrons. The van der Waals surface area contributed by atoms with Crippen LogP contribution in [0.15, 0.2) is 53.9 Å². The Morgan fingerprint density at radius 2 is 1.86 bits per heavy atom. The second kappa shape index (κ2) is 6.29. The van der Waals surface area contributed by atoms with Crippen LogP contribution in [0.2, 0.25) is 0 Å². The zero-order valence-corrected chi connectivity index (χ0v) is 12.8. The fraction of sp³-hybridized carbons (Fsp3) is 0.222. The molecule has 0 aliphatic rings. The maximum atomic E-state index is 10.6. The number of ether oxygens (including phenoxy) is 1. The summed E-state index contributed by atoms with van der Waals surface area (Å²) in [7, 11) is 0. The second-order valence-corrected chi connectivity index (χ2v) is 5.86. The first kappa shape index (κ1) is 14.1. The molecule has 0 radical (unpaired) electrons. The maximum Gasteiger partial charge on any atom is 0.125 e. The van der Waals surface area contributed by atoms with E-state index < -0.39 is 6.10 Å². The van der Waals surface area contributed by atoms with E-state index in [4.69, 9.17) is 4.74 Å². The van der Waals surface area contributed by atoms with Gasteiger partial charge in [0, 0.05) is 16.7 Å². The zero-order chi connectivity index (χ0) is 14.7. The Morgan fingerprint density at radius 3 is 2.71 bits per heavy atom. The molecule has 0 saturated carbocycles. The minimum atomic E-state index is -0.550. The third-order valence-corrected chi connectivity index (χ3v) is 4.56. The van der Waals surface area contributed by atoms with E-state index in [1.54, 1.807) is 11.3 Å². The summed E-state index contributed by atoms with van der Waals surface area (Å²) in [6, 6.07) is 16.0. The first-order valence-corrected chi connectivity index (χ1v) is 8.02. The van der Waals surface area contributed by atoms with Crippen LogP contribution < -0.4 is 4.74 Å². The molecule has 1 aromatic heterocycles. The first-order valence-electron chi connectivity index (χ1n) is 7.14. The summed E-state index contributed by atoms with van der Waals surface area (Å²) in [5, 5.41) is 14.0. The smallest absolute Gasteiger partial charge is 0.125 e. The lowest BCUT2D eigenvalue weighted by Crippen LogP contribution is -2.05. The highest BCUT2D eigenvalue weighted by molar-refractivity contribution is 7.17. The molecular weight excluding hydrogens is 280 g/mol. The highest BCUT2D eigenvalue weighted by atomic mass is 32.1. The van der Waals surface area contributed by atoms with E-state index in [0.29, 0.717) is 13.0 Å². The van der Waals surface area contributed by atoms with Gasteiger partial charge in [0.25, 0.3) is 0 Å². The zero-order valence-electron chi connectivity index (χ0n) is 12.0. The lowest BCUT2D eigenvalue weighted by molar-refractivity contribution is 0.173. The van der Waals surface area contributed by atoms with Crippen LogP contribution in [0.25, 0.3) is 10.1 Å². The van der Waals surface area contributed by atoms with Crippen LogP contribution in [0.4, 0.5) is 0 Å². The van der Waals surface area contributed by atoms with E-state index >= 15 is 0 Å². The minimum absolute atomic E-state index is 0.550. The Balaban J connectivity index is 1.88. The molecule has 3 heteroatoms. The third-order valence-electron chi connectivity index (χ3n) is 3.55. The van der Waals surface area contributed by atoms with Gasteiger partial charge in [-0.1, -0.05) is 36.4 Å². The molecule has 1 atom stereocenters. The topological polar surface area (TPSA) is 29.5 Å². The van der Waals surface area contributed by atoms with Crippen molar-refractivity contribution in [2.24, 2.45) is 0 Å². The van der Waals surface area contributed by atoms with Crippen molar-refractivity contribution in [3.8, 4) is 5.75 Å². The van der Waals surface area contributed by atoms with E-state index in [0.717, 1.165) is 11.3 Å². The van der Waals surface area contributed by atoms with Gasteiger partial charge in [0.1, 0.15) is 5.75 Å². The quantitative estimate of drug-likeness (QED) is 0.747. The second-order valence-electron chi connectivity index (χ2n) is 4.95. The van der Waals surface area contributed by atoms with E-state index in [1.807, 2.05) is 43.3 Å². The lowest BCUT2D eigenvalue weighted by Gasteiger charge is -2.15. The maximum absolute atomic E-state index is 10.6. The number of para-hydroxylation sites is 1. The van der Waals surface area contributed by atoms with Crippen molar-refractivity contribution < 1.29 is 9.84 Å². The molecule has 21 heavy (non-hydrogen) atoms. The lowest BCUT2D eigenvalue weighted by atomic mass is 10.0. The molecule has 0 spiro atoms. The summed E-state index contributed by atoms with van der Waals surface area (Å²) < 4.78 is 6.87. The standard InChI is InChI=1S/C18H18O2S/c1-2-20-17-9-5-3-8-15(17)16(19)11-13-12-21-18-10-6-4-7-14(13)18/h3-10,12,16,19H,2,11H2,1H3. The molecule has 0 aliphatic carbocycles. The Labute approximate surface area is 128 Å². The molecule has 3 aromatic rings. The van der Waals surface area contributed by atoms with Gasteiger partial charge in [-0.05, 0) is 35.4 Å². The summed E-state index contributed by atoms with van der Waals surface area (Å²) in [5.41, 5.74) is 2.05. The minimum Gasteiger partial charge on any atom is -0.493 e. The Bertz CT molecular complexity index is 733. The molecule has 0 amide bonds. The molecule has 1 heterocycles. The van der Waals surface area contributed by atoms with E-state index in [1.165, 1.54) is 15.6 Å². The number of rotatable bonds is 5. The van der Waals surface area contributed by atoms with Gasteiger partial charge in [-0.15, -0.1) is 11.3 Å². The molecule has 1 unspecified atom stereocenters. The molecule has 0 bridgehead atoms. The molecule has 0 fully saturated rings. The summed E-state index contributed by atoms with van der Waals surface area (Å²) in [6.45, 7) is 2.56. The summed E-state index contributed by atoms with van der Waals surface area (Å²) in [4.78, 5) is 0. The van der Waals surface area contributed by atoms with Crippen molar-refractivity contribution in [3.63, 3.8) is 0 Å². The summed E-state index contributed by atoms with van der Waals surface area (Å²) in [5.74, 6) is 0.770. The molecular formula is C18H18O2S. The Hall–Kier alpha value is -1.84. The number of fused-ring (bicyclic) bond motifs is 1. The van der Waals surface area contributed by atoms with Gasteiger partial charge in [0.15, 0.2) is 0 Å². The van der Waals surface area contributed by atoms with Gasteiger partial charge in [-0.3, -0.25) is 0 Å². The van der Waals surface area contributed by atoms with Crippen LogP contribution in [0.1, 0.15) is 24.2 Å². The molecule has 3 rings (SSSR count). The van der Waals surface area contributed by atoms with Crippen LogP contribution in [-0.2, 0) is 6.42 Å². The van der Waals surface area contributed by atoms with Crippen LogP contribution >= 0.6 is 11.3 Å². The molecule has 0 saturated heterocycles. The van der Waals surface area contributed by atoms with Crippen molar-refractivity contribution in [2.45, 2.75) is 19.4 Å². The van der Waals surface area contributed by atoms with Crippen molar-refractivity contribution in [2.75, 3.05) is 6.61 Å². The van der Waals surface area contributed by atoms with Gasteiger partial charge in [0.2, 0.25) is 0 Å². The van der Waals surface area contributed by atoms with Gasteiger partial charge < -0.3 is 9.84 Å². The molecule has 2 aromatic carbocycles. The highest BCUT2D eigenvalue weighted by Crippen LogP contribution is 2.32. The fourth-order valence-corrected chi connectivity index (χ4v) is 3.53. The molecule has 2 nitrogen and oxygen atoms in total.